The number of likely N-dealkylation sites (N-methyl/N-ethyl adjacent to an activating group) is 1. The molecule has 0 bridgehead atoms. The van der Waals surface area contributed by atoms with Gasteiger partial charge >= 0.3 is 0 Å². The number of halogens is 3. The summed E-state index contributed by atoms with van der Waals surface area (Å²) in [5.41, 5.74) is 9.82. The number of nitrogens with two attached hydrogens (primary N) is 2. The van der Waals surface area contributed by atoms with Gasteiger partial charge in [0.25, 0.3) is 5.91 Å². The zero-order valence-electron chi connectivity index (χ0n) is 16.1. The Morgan fingerprint density at radius 1 is 1.21 bits per heavy atom. The van der Waals surface area contributed by atoms with Crippen molar-refractivity contribution in [3.8, 4) is 0 Å². The number of amides is 1. The third-order valence-corrected chi connectivity index (χ3v) is 5.33. The SMILES string of the molecule is Cc1c(F)cc(C(C)(CN)N(C)c2ncnc3c(C(N)=O)cccc23)c(F)c1F. The van der Waals surface area contributed by atoms with Crippen molar-refractivity contribution in [2.45, 2.75) is 19.4 Å². The number of nitrogens with zero attached hydrogens (tertiary/aromatic N) is 3. The number of hydrogen-bond donors (Lipinski definition) is 2. The lowest BCUT2D eigenvalue weighted by Crippen LogP contribution is -2.48. The second-order valence-corrected chi connectivity index (χ2v) is 6.96. The van der Waals surface area contributed by atoms with Crippen LogP contribution in [-0.4, -0.2) is 29.5 Å². The van der Waals surface area contributed by atoms with Crippen LogP contribution in [0.5, 0.6) is 0 Å². The van der Waals surface area contributed by atoms with E-state index in [0.717, 1.165) is 13.0 Å². The minimum Gasteiger partial charge on any atom is -0.366 e. The van der Waals surface area contributed by atoms with Gasteiger partial charge in [-0.2, -0.15) is 0 Å². The van der Waals surface area contributed by atoms with E-state index in [2.05, 4.69) is 9.97 Å². The summed E-state index contributed by atoms with van der Waals surface area (Å²) in [6, 6.07) is 5.73. The number of fused-ring (bicyclic) bond motifs is 1. The third-order valence-electron chi connectivity index (χ3n) is 5.33. The molecule has 2 aromatic carbocycles. The van der Waals surface area contributed by atoms with E-state index < -0.39 is 34.5 Å². The van der Waals surface area contributed by atoms with Gasteiger partial charge in [0, 0.05) is 30.1 Å². The van der Waals surface area contributed by atoms with Gasteiger partial charge in [0.1, 0.15) is 18.0 Å². The average Bonchev–Trinajstić information content (AvgIpc) is 2.72. The molecular formula is C20H20F3N5O. The molecule has 1 unspecified atom stereocenters. The Kier molecular flexibility index (Phi) is 5.18. The van der Waals surface area contributed by atoms with Crippen molar-refractivity contribution in [3.63, 3.8) is 0 Å². The van der Waals surface area contributed by atoms with Gasteiger partial charge in [0.15, 0.2) is 11.6 Å². The van der Waals surface area contributed by atoms with E-state index in [4.69, 9.17) is 11.5 Å². The van der Waals surface area contributed by atoms with E-state index in [9.17, 15) is 18.0 Å². The smallest absolute Gasteiger partial charge is 0.250 e. The van der Waals surface area contributed by atoms with Crippen molar-refractivity contribution < 1.29 is 18.0 Å². The molecule has 0 saturated carbocycles. The highest BCUT2D eigenvalue weighted by Crippen LogP contribution is 2.36. The molecular weight excluding hydrogens is 383 g/mol. The van der Waals surface area contributed by atoms with Crippen LogP contribution in [0.4, 0.5) is 19.0 Å². The first-order chi connectivity index (χ1) is 13.6. The number of rotatable bonds is 5. The van der Waals surface area contributed by atoms with Crippen LogP contribution in [0, 0.1) is 24.4 Å². The maximum Gasteiger partial charge on any atom is 0.250 e. The summed E-state index contributed by atoms with van der Waals surface area (Å²) in [5.74, 6) is -3.70. The highest BCUT2D eigenvalue weighted by Gasteiger charge is 2.37. The first kappa shape index (κ1) is 20.5. The van der Waals surface area contributed by atoms with E-state index in [0.29, 0.717) is 16.7 Å². The molecule has 6 nitrogen and oxygen atoms in total. The van der Waals surface area contributed by atoms with Gasteiger partial charge in [-0.3, -0.25) is 4.79 Å². The summed E-state index contributed by atoms with van der Waals surface area (Å²) in [4.78, 5) is 21.6. The van der Waals surface area contributed by atoms with Crippen molar-refractivity contribution >= 4 is 22.6 Å². The molecule has 29 heavy (non-hydrogen) atoms. The van der Waals surface area contributed by atoms with Crippen LogP contribution in [0.25, 0.3) is 10.9 Å². The Morgan fingerprint density at radius 2 is 1.90 bits per heavy atom. The summed E-state index contributed by atoms with van der Waals surface area (Å²) in [6.07, 6.45) is 1.23. The fraction of sp³-hybridized carbons (Fsp3) is 0.250. The van der Waals surface area contributed by atoms with Crippen LogP contribution >= 0.6 is 0 Å². The zero-order valence-corrected chi connectivity index (χ0v) is 16.1. The van der Waals surface area contributed by atoms with Crippen molar-refractivity contribution in [2.24, 2.45) is 11.5 Å². The van der Waals surface area contributed by atoms with Crippen LogP contribution in [0.3, 0.4) is 0 Å². The van der Waals surface area contributed by atoms with Crippen molar-refractivity contribution in [3.05, 3.63) is 64.7 Å². The van der Waals surface area contributed by atoms with Crippen molar-refractivity contribution in [1.82, 2.24) is 9.97 Å². The van der Waals surface area contributed by atoms with Gasteiger partial charge in [-0.15, -0.1) is 0 Å². The average molecular weight is 403 g/mol. The molecule has 3 aromatic rings. The van der Waals surface area contributed by atoms with Gasteiger partial charge in [0.05, 0.1) is 16.6 Å². The minimum atomic E-state index is -1.36. The second kappa shape index (κ2) is 7.32. The largest absolute Gasteiger partial charge is 0.366 e. The maximum atomic E-state index is 14.8. The molecule has 0 radical (unpaired) electrons. The summed E-state index contributed by atoms with van der Waals surface area (Å²) in [7, 11) is 1.57. The minimum absolute atomic E-state index is 0.177. The molecule has 152 valence electrons. The van der Waals surface area contributed by atoms with Gasteiger partial charge in [-0.05, 0) is 32.0 Å². The van der Waals surface area contributed by atoms with Crippen LogP contribution < -0.4 is 16.4 Å². The number of anilines is 1. The van der Waals surface area contributed by atoms with Gasteiger partial charge in [0.2, 0.25) is 0 Å². The summed E-state index contributed by atoms with van der Waals surface area (Å²) in [5, 5.41) is 0.458. The number of carbonyl (C=O) groups is 1. The van der Waals surface area contributed by atoms with E-state index in [1.807, 2.05) is 0 Å². The number of para-hydroxylation sites is 1. The Morgan fingerprint density at radius 3 is 2.52 bits per heavy atom. The highest BCUT2D eigenvalue weighted by molar-refractivity contribution is 6.07. The van der Waals surface area contributed by atoms with Gasteiger partial charge < -0.3 is 16.4 Å². The van der Waals surface area contributed by atoms with Crippen molar-refractivity contribution in [2.75, 3.05) is 18.5 Å². The Labute approximate surface area is 165 Å². The molecule has 0 fully saturated rings. The third kappa shape index (κ3) is 3.17. The fourth-order valence-electron chi connectivity index (χ4n) is 3.28. The van der Waals surface area contributed by atoms with Crippen LogP contribution in [0.1, 0.15) is 28.4 Å². The van der Waals surface area contributed by atoms with E-state index >= 15 is 0 Å². The quantitative estimate of drug-likeness (QED) is 0.639. The number of aromatic nitrogens is 2. The molecule has 1 amide bonds. The first-order valence-corrected chi connectivity index (χ1v) is 8.75. The van der Waals surface area contributed by atoms with E-state index in [1.54, 1.807) is 26.1 Å². The first-order valence-electron chi connectivity index (χ1n) is 8.75. The molecule has 1 heterocycles. The number of benzene rings is 2. The monoisotopic (exact) mass is 403 g/mol. The van der Waals surface area contributed by atoms with Crippen LogP contribution in [0.2, 0.25) is 0 Å². The Hall–Kier alpha value is -3.20. The number of carbonyl (C=O) groups excluding carboxylic acids is 1. The summed E-state index contributed by atoms with van der Waals surface area (Å²) < 4.78 is 43.2. The van der Waals surface area contributed by atoms with E-state index in [1.165, 1.54) is 17.3 Å². The molecule has 0 aliphatic carbocycles. The lowest BCUT2D eigenvalue weighted by molar-refractivity contribution is 0.100. The van der Waals surface area contributed by atoms with Crippen LogP contribution in [-0.2, 0) is 5.54 Å². The predicted octanol–water partition coefficient (Wildman–Crippen LogP) is 2.76. The second-order valence-electron chi connectivity index (χ2n) is 6.96. The molecule has 3 rings (SSSR count). The normalized spacial score (nSPS) is 13.3. The Bertz CT molecular complexity index is 1120. The Balaban J connectivity index is 2.25. The predicted molar refractivity (Wildman–Crippen MR) is 104 cm³/mol. The van der Waals surface area contributed by atoms with Gasteiger partial charge in [-0.1, -0.05) is 6.07 Å². The molecule has 0 spiro atoms. The van der Waals surface area contributed by atoms with Crippen LogP contribution in [0.15, 0.2) is 30.6 Å². The molecule has 0 aliphatic heterocycles. The number of primary amides is 1. The van der Waals surface area contributed by atoms with Gasteiger partial charge in [-0.25, -0.2) is 23.1 Å². The molecule has 1 atom stereocenters. The molecule has 9 heteroatoms. The van der Waals surface area contributed by atoms with E-state index in [-0.39, 0.29) is 17.7 Å². The number of hydrogen-bond acceptors (Lipinski definition) is 5. The topological polar surface area (TPSA) is 98.1 Å². The molecule has 1 aromatic heterocycles. The summed E-state index contributed by atoms with van der Waals surface area (Å²) >= 11 is 0. The molecule has 0 saturated heterocycles. The van der Waals surface area contributed by atoms with Crippen molar-refractivity contribution in [1.29, 1.82) is 0 Å². The lowest BCUT2D eigenvalue weighted by Gasteiger charge is -2.40. The fourth-order valence-corrected chi connectivity index (χ4v) is 3.28. The zero-order chi connectivity index (χ0) is 21.5. The molecule has 0 aliphatic rings. The summed E-state index contributed by atoms with van der Waals surface area (Å²) in [6.45, 7) is 2.53. The highest BCUT2D eigenvalue weighted by atomic mass is 19.2. The maximum absolute atomic E-state index is 14.8. The molecule has 4 N–H and O–H groups in total. The standard InChI is InChI=1S/C20H20F3N5O/c1-10-14(21)7-13(16(23)15(10)22)20(2,8-24)28(3)19-12-6-4-5-11(18(25)29)17(12)26-9-27-19/h4-7,9H,8,24H2,1-3H3,(H2,25,29). The lowest BCUT2D eigenvalue weighted by atomic mass is 9.88.